The number of ether oxygens (including phenoxy) is 2. The van der Waals surface area contributed by atoms with E-state index in [4.69, 9.17) is 9.47 Å². The number of imidazole rings is 1. The highest BCUT2D eigenvalue weighted by atomic mass is 16.5. The van der Waals surface area contributed by atoms with E-state index in [0.717, 1.165) is 37.0 Å². The monoisotopic (exact) mass is 275 g/mol. The lowest BCUT2D eigenvalue weighted by molar-refractivity contribution is 0.190. The largest absolute Gasteiger partial charge is 0.495 e. The number of hydrogen-bond donors (Lipinski definition) is 1. The molecule has 0 spiro atoms. The summed E-state index contributed by atoms with van der Waals surface area (Å²) in [6.07, 6.45) is 4.70. The molecule has 0 saturated carbocycles. The Bertz CT molecular complexity index is 552. The van der Waals surface area contributed by atoms with Crippen molar-refractivity contribution in [2.75, 3.05) is 26.1 Å². The zero-order valence-corrected chi connectivity index (χ0v) is 12.2. The first-order valence-electron chi connectivity index (χ1n) is 6.66. The van der Waals surface area contributed by atoms with Gasteiger partial charge in [-0.3, -0.25) is 0 Å². The second kappa shape index (κ2) is 6.96. The van der Waals surface area contributed by atoms with Crippen LogP contribution >= 0.6 is 0 Å². The smallest absolute Gasteiger partial charge is 0.207 e. The van der Waals surface area contributed by atoms with Gasteiger partial charge in [-0.25, -0.2) is 4.98 Å². The van der Waals surface area contributed by atoms with Gasteiger partial charge in [-0.05, 0) is 31.0 Å². The average molecular weight is 275 g/mol. The van der Waals surface area contributed by atoms with Gasteiger partial charge in [-0.2, -0.15) is 0 Å². The van der Waals surface area contributed by atoms with Crippen molar-refractivity contribution in [2.45, 2.75) is 19.9 Å². The molecule has 5 heteroatoms. The summed E-state index contributed by atoms with van der Waals surface area (Å²) in [5.74, 6) is 1.62. The van der Waals surface area contributed by atoms with Crippen LogP contribution in [0.5, 0.6) is 5.75 Å². The summed E-state index contributed by atoms with van der Waals surface area (Å²) in [6.45, 7) is 3.66. The topological polar surface area (TPSA) is 48.3 Å². The number of nitrogens with zero attached hydrogens (tertiary/aromatic N) is 2. The van der Waals surface area contributed by atoms with Crippen molar-refractivity contribution < 1.29 is 9.47 Å². The number of anilines is 2. The standard InChI is InChI=1S/C15H21N3O2/c1-12-5-6-14(20-3)13(11-12)17-15-16-7-9-18(15)8-4-10-19-2/h5-7,9,11H,4,8,10H2,1-3H3,(H,16,17). The maximum absolute atomic E-state index is 5.37. The molecule has 0 bridgehead atoms. The molecule has 1 heterocycles. The Balaban J connectivity index is 2.14. The van der Waals surface area contributed by atoms with Crippen LogP contribution in [-0.2, 0) is 11.3 Å². The fraction of sp³-hybridized carbons (Fsp3) is 0.400. The van der Waals surface area contributed by atoms with E-state index in [1.165, 1.54) is 5.56 Å². The van der Waals surface area contributed by atoms with Crippen molar-refractivity contribution in [1.29, 1.82) is 0 Å². The molecule has 1 aromatic carbocycles. The minimum absolute atomic E-state index is 0.741. The molecule has 0 unspecified atom stereocenters. The molecule has 2 rings (SSSR count). The summed E-state index contributed by atoms with van der Waals surface area (Å²) in [6, 6.07) is 6.03. The lowest BCUT2D eigenvalue weighted by atomic mass is 10.2. The van der Waals surface area contributed by atoms with Gasteiger partial charge in [0.2, 0.25) is 5.95 Å². The molecule has 0 fully saturated rings. The van der Waals surface area contributed by atoms with Gasteiger partial charge in [-0.1, -0.05) is 6.07 Å². The first-order chi connectivity index (χ1) is 9.74. The third-order valence-corrected chi connectivity index (χ3v) is 3.06. The Kier molecular flexibility index (Phi) is 5.01. The molecular weight excluding hydrogens is 254 g/mol. The second-order valence-corrected chi connectivity index (χ2v) is 4.62. The Morgan fingerprint density at radius 3 is 2.90 bits per heavy atom. The predicted octanol–water partition coefficient (Wildman–Crippen LogP) is 2.98. The van der Waals surface area contributed by atoms with Gasteiger partial charge in [0.15, 0.2) is 0 Å². The highest BCUT2D eigenvalue weighted by Gasteiger charge is 2.07. The highest BCUT2D eigenvalue weighted by molar-refractivity contribution is 5.63. The quantitative estimate of drug-likeness (QED) is 0.789. The molecule has 2 aromatic rings. The molecule has 5 nitrogen and oxygen atoms in total. The molecule has 1 N–H and O–H groups in total. The summed E-state index contributed by atoms with van der Waals surface area (Å²) in [7, 11) is 3.38. The van der Waals surface area contributed by atoms with Crippen LogP contribution in [0.25, 0.3) is 0 Å². The summed E-state index contributed by atoms with van der Waals surface area (Å²) < 4.78 is 12.5. The van der Waals surface area contributed by atoms with Crippen LogP contribution in [0, 0.1) is 6.92 Å². The number of methoxy groups -OCH3 is 2. The molecule has 0 aliphatic heterocycles. The lowest BCUT2D eigenvalue weighted by Crippen LogP contribution is -2.06. The van der Waals surface area contributed by atoms with Crippen LogP contribution in [-0.4, -0.2) is 30.4 Å². The Morgan fingerprint density at radius 1 is 1.30 bits per heavy atom. The van der Waals surface area contributed by atoms with E-state index in [2.05, 4.69) is 21.8 Å². The Hall–Kier alpha value is -2.01. The number of nitrogens with one attached hydrogen (secondary N) is 1. The number of benzene rings is 1. The Labute approximate surface area is 119 Å². The van der Waals surface area contributed by atoms with Gasteiger partial charge >= 0.3 is 0 Å². The minimum atomic E-state index is 0.741. The van der Waals surface area contributed by atoms with E-state index < -0.39 is 0 Å². The summed E-state index contributed by atoms with van der Waals surface area (Å²) in [5, 5.41) is 3.33. The minimum Gasteiger partial charge on any atom is -0.495 e. The van der Waals surface area contributed by atoms with Gasteiger partial charge in [0, 0.05) is 32.7 Å². The third-order valence-electron chi connectivity index (χ3n) is 3.06. The first-order valence-corrected chi connectivity index (χ1v) is 6.66. The SMILES string of the molecule is COCCCn1ccnc1Nc1cc(C)ccc1OC. The van der Waals surface area contributed by atoms with E-state index in [9.17, 15) is 0 Å². The van der Waals surface area contributed by atoms with E-state index in [1.807, 2.05) is 24.4 Å². The zero-order chi connectivity index (χ0) is 14.4. The van der Waals surface area contributed by atoms with Crippen LogP contribution in [0.15, 0.2) is 30.6 Å². The predicted molar refractivity (Wildman–Crippen MR) is 79.7 cm³/mol. The Morgan fingerprint density at radius 2 is 2.15 bits per heavy atom. The van der Waals surface area contributed by atoms with E-state index >= 15 is 0 Å². The van der Waals surface area contributed by atoms with E-state index in [1.54, 1.807) is 20.4 Å². The molecule has 0 aliphatic rings. The van der Waals surface area contributed by atoms with Gasteiger partial charge in [-0.15, -0.1) is 0 Å². The van der Waals surface area contributed by atoms with Gasteiger partial charge in [0.05, 0.1) is 12.8 Å². The molecule has 0 aliphatic carbocycles. The fourth-order valence-electron chi connectivity index (χ4n) is 2.03. The van der Waals surface area contributed by atoms with Crippen molar-refractivity contribution in [2.24, 2.45) is 0 Å². The van der Waals surface area contributed by atoms with Crippen LogP contribution < -0.4 is 10.1 Å². The summed E-state index contributed by atoms with van der Waals surface area (Å²) in [5.41, 5.74) is 2.09. The average Bonchev–Trinajstić information content (AvgIpc) is 2.87. The van der Waals surface area contributed by atoms with Gasteiger partial charge < -0.3 is 19.4 Å². The molecule has 0 amide bonds. The highest BCUT2D eigenvalue weighted by Crippen LogP contribution is 2.28. The number of rotatable bonds is 7. The van der Waals surface area contributed by atoms with Gasteiger partial charge in [0.25, 0.3) is 0 Å². The van der Waals surface area contributed by atoms with Crippen LogP contribution in [0.3, 0.4) is 0 Å². The number of hydrogen-bond acceptors (Lipinski definition) is 4. The zero-order valence-electron chi connectivity index (χ0n) is 12.2. The van der Waals surface area contributed by atoms with E-state index in [0.29, 0.717) is 0 Å². The van der Waals surface area contributed by atoms with Crippen LogP contribution in [0.2, 0.25) is 0 Å². The summed E-state index contributed by atoms with van der Waals surface area (Å²) in [4.78, 5) is 4.35. The molecular formula is C15H21N3O2. The summed E-state index contributed by atoms with van der Waals surface area (Å²) >= 11 is 0. The van der Waals surface area contributed by atoms with Crippen LogP contribution in [0.1, 0.15) is 12.0 Å². The van der Waals surface area contributed by atoms with Crippen molar-refractivity contribution in [1.82, 2.24) is 9.55 Å². The number of aromatic nitrogens is 2. The van der Waals surface area contributed by atoms with E-state index in [-0.39, 0.29) is 0 Å². The maximum atomic E-state index is 5.37. The first kappa shape index (κ1) is 14.4. The molecule has 20 heavy (non-hydrogen) atoms. The van der Waals surface area contributed by atoms with Gasteiger partial charge in [0.1, 0.15) is 5.75 Å². The molecule has 0 atom stereocenters. The molecule has 0 radical (unpaired) electrons. The molecule has 108 valence electrons. The normalized spacial score (nSPS) is 10.6. The van der Waals surface area contributed by atoms with Crippen molar-refractivity contribution in [3.05, 3.63) is 36.2 Å². The molecule has 0 saturated heterocycles. The number of aryl methyl sites for hydroxylation is 2. The third kappa shape index (κ3) is 3.51. The molecule has 1 aromatic heterocycles. The lowest BCUT2D eigenvalue weighted by Gasteiger charge is -2.13. The van der Waals surface area contributed by atoms with Crippen molar-refractivity contribution in [3.63, 3.8) is 0 Å². The fourth-order valence-corrected chi connectivity index (χ4v) is 2.03. The maximum Gasteiger partial charge on any atom is 0.207 e. The van der Waals surface area contributed by atoms with Crippen LogP contribution in [0.4, 0.5) is 11.6 Å². The van der Waals surface area contributed by atoms with Crippen molar-refractivity contribution >= 4 is 11.6 Å². The second-order valence-electron chi connectivity index (χ2n) is 4.62. The van der Waals surface area contributed by atoms with Crippen molar-refractivity contribution in [3.8, 4) is 5.75 Å².